The number of hydrogen-bond donors (Lipinski definition) is 1. The van der Waals surface area contributed by atoms with Gasteiger partial charge in [0.25, 0.3) is 0 Å². The predicted molar refractivity (Wildman–Crippen MR) is 62.5 cm³/mol. The molecule has 0 radical (unpaired) electrons. The van der Waals surface area contributed by atoms with Crippen molar-refractivity contribution in [3.8, 4) is 0 Å². The normalized spacial score (nSPS) is 21.6. The molecule has 0 bridgehead atoms. The van der Waals surface area contributed by atoms with Crippen LogP contribution in [0.5, 0.6) is 0 Å². The molecule has 0 aliphatic carbocycles. The van der Waals surface area contributed by atoms with Crippen molar-refractivity contribution in [1.29, 1.82) is 0 Å². The third-order valence-electron chi connectivity index (χ3n) is 2.83. The van der Waals surface area contributed by atoms with Gasteiger partial charge in [0.1, 0.15) is 0 Å². The Morgan fingerprint density at radius 1 is 1.53 bits per heavy atom. The van der Waals surface area contributed by atoms with Gasteiger partial charge in [-0.3, -0.25) is 0 Å². The molecule has 0 spiro atoms. The van der Waals surface area contributed by atoms with Gasteiger partial charge < -0.3 is 10.1 Å². The Balaban J connectivity index is 2.06. The third-order valence-corrected chi connectivity index (χ3v) is 3.24. The van der Waals surface area contributed by atoms with Gasteiger partial charge in [-0.1, -0.05) is 23.7 Å². The highest BCUT2D eigenvalue weighted by Crippen LogP contribution is 2.20. The van der Waals surface area contributed by atoms with Crippen molar-refractivity contribution in [1.82, 2.24) is 5.32 Å². The second-order valence-corrected chi connectivity index (χ2v) is 4.33. The molecule has 1 atom stereocenters. The second kappa shape index (κ2) is 4.97. The Bertz CT molecular complexity index is 334. The van der Waals surface area contributed by atoms with Crippen LogP contribution in [0.15, 0.2) is 18.2 Å². The molecule has 1 aliphatic heterocycles. The maximum absolute atomic E-state index is 6.08. The quantitative estimate of drug-likeness (QED) is 0.833. The summed E-state index contributed by atoms with van der Waals surface area (Å²) in [6.45, 7) is 4.77. The molecule has 1 N–H and O–H groups in total. The number of halogens is 1. The first kappa shape index (κ1) is 10.9. The topological polar surface area (TPSA) is 21.3 Å². The van der Waals surface area contributed by atoms with Gasteiger partial charge in [0.2, 0.25) is 0 Å². The van der Waals surface area contributed by atoms with Gasteiger partial charge >= 0.3 is 0 Å². The molecule has 1 aromatic rings. The Kier molecular flexibility index (Phi) is 3.62. The van der Waals surface area contributed by atoms with Crippen LogP contribution in [0.1, 0.15) is 11.1 Å². The van der Waals surface area contributed by atoms with Gasteiger partial charge in [-0.2, -0.15) is 0 Å². The average Bonchev–Trinajstić information content (AvgIpc) is 2.26. The van der Waals surface area contributed by atoms with E-state index in [4.69, 9.17) is 16.3 Å². The third kappa shape index (κ3) is 2.71. The lowest BCUT2D eigenvalue weighted by Gasteiger charge is -2.24. The van der Waals surface area contributed by atoms with E-state index in [0.717, 1.165) is 31.1 Å². The molecular formula is C12H16ClNO. The summed E-state index contributed by atoms with van der Waals surface area (Å²) in [5.41, 5.74) is 2.46. The fourth-order valence-electron chi connectivity index (χ4n) is 1.87. The summed E-state index contributed by atoms with van der Waals surface area (Å²) in [6.07, 6.45) is 1.23. The van der Waals surface area contributed by atoms with Crippen LogP contribution in [-0.4, -0.2) is 25.8 Å². The van der Waals surface area contributed by atoms with Crippen LogP contribution in [0.3, 0.4) is 0 Å². The lowest BCUT2D eigenvalue weighted by molar-refractivity contribution is 0.0291. The zero-order valence-corrected chi connectivity index (χ0v) is 9.68. The lowest BCUT2D eigenvalue weighted by atomic mass is 10.0. The fourth-order valence-corrected chi connectivity index (χ4v) is 2.06. The van der Waals surface area contributed by atoms with Crippen molar-refractivity contribution < 1.29 is 4.74 Å². The largest absolute Gasteiger partial charge is 0.375 e. The van der Waals surface area contributed by atoms with E-state index in [0.29, 0.717) is 0 Å². The molecule has 1 unspecified atom stereocenters. The second-order valence-electron chi connectivity index (χ2n) is 3.93. The molecule has 0 saturated carbocycles. The SMILES string of the molecule is Cc1c(Cl)cccc1CC1CNCCO1. The molecule has 1 aromatic carbocycles. The Morgan fingerprint density at radius 2 is 2.40 bits per heavy atom. The van der Waals surface area contributed by atoms with Crippen molar-refractivity contribution in [2.75, 3.05) is 19.7 Å². The van der Waals surface area contributed by atoms with Crippen LogP contribution in [0.4, 0.5) is 0 Å². The Labute approximate surface area is 95.6 Å². The van der Waals surface area contributed by atoms with Crippen LogP contribution in [0.2, 0.25) is 5.02 Å². The molecule has 2 nitrogen and oxygen atoms in total. The molecule has 3 heteroatoms. The summed E-state index contributed by atoms with van der Waals surface area (Å²) >= 11 is 6.08. The van der Waals surface area contributed by atoms with Gasteiger partial charge in [0.15, 0.2) is 0 Å². The maximum Gasteiger partial charge on any atom is 0.0740 e. The zero-order valence-electron chi connectivity index (χ0n) is 8.92. The van der Waals surface area contributed by atoms with E-state index < -0.39 is 0 Å². The van der Waals surface area contributed by atoms with Crippen molar-refractivity contribution in [3.63, 3.8) is 0 Å². The molecule has 1 fully saturated rings. The smallest absolute Gasteiger partial charge is 0.0740 e. The summed E-state index contributed by atoms with van der Waals surface area (Å²) in [7, 11) is 0. The van der Waals surface area contributed by atoms with Crippen LogP contribution in [0.25, 0.3) is 0 Å². The highest BCUT2D eigenvalue weighted by Gasteiger charge is 2.15. The molecule has 1 saturated heterocycles. The number of nitrogens with one attached hydrogen (secondary N) is 1. The molecule has 0 amide bonds. The molecule has 0 aromatic heterocycles. The predicted octanol–water partition coefficient (Wildman–Crippen LogP) is 2.18. The molecule has 1 heterocycles. The molecule has 82 valence electrons. The number of rotatable bonds is 2. The Morgan fingerprint density at radius 3 is 3.13 bits per heavy atom. The number of ether oxygens (including phenoxy) is 1. The standard InChI is InChI=1S/C12H16ClNO/c1-9-10(3-2-4-12(9)13)7-11-8-14-5-6-15-11/h2-4,11,14H,5-8H2,1H3. The fraction of sp³-hybridized carbons (Fsp3) is 0.500. The van der Waals surface area contributed by atoms with E-state index in [1.165, 1.54) is 11.1 Å². The first-order valence-electron chi connectivity index (χ1n) is 5.33. The maximum atomic E-state index is 6.08. The van der Waals surface area contributed by atoms with Crippen LogP contribution in [0, 0.1) is 6.92 Å². The van der Waals surface area contributed by atoms with E-state index in [1.54, 1.807) is 0 Å². The molecular weight excluding hydrogens is 210 g/mol. The number of morpholine rings is 1. The summed E-state index contributed by atoms with van der Waals surface area (Å²) in [5, 5.41) is 4.17. The summed E-state index contributed by atoms with van der Waals surface area (Å²) < 4.78 is 5.67. The van der Waals surface area contributed by atoms with E-state index in [1.807, 2.05) is 12.1 Å². The number of hydrogen-bond acceptors (Lipinski definition) is 2. The molecule has 15 heavy (non-hydrogen) atoms. The van der Waals surface area contributed by atoms with E-state index in [9.17, 15) is 0 Å². The van der Waals surface area contributed by atoms with E-state index in [-0.39, 0.29) is 6.10 Å². The van der Waals surface area contributed by atoms with Gasteiger partial charge in [-0.15, -0.1) is 0 Å². The van der Waals surface area contributed by atoms with Gasteiger partial charge in [-0.05, 0) is 24.1 Å². The van der Waals surface area contributed by atoms with Gasteiger partial charge in [-0.25, -0.2) is 0 Å². The highest BCUT2D eigenvalue weighted by atomic mass is 35.5. The first-order valence-corrected chi connectivity index (χ1v) is 5.71. The van der Waals surface area contributed by atoms with Crippen molar-refractivity contribution in [2.45, 2.75) is 19.4 Å². The summed E-state index contributed by atoms with van der Waals surface area (Å²) in [5.74, 6) is 0. The van der Waals surface area contributed by atoms with E-state index in [2.05, 4.69) is 18.3 Å². The minimum absolute atomic E-state index is 0.288. The lowest BCUT2D eigenvalue weighted by Crippen LogP contribution is -2.39. The van der Waals surface area contributed by atoms with E-state index >= 15 is 0 Å². The van der Waals surface area contributed by atoms with Crippen molar-refractivity contribution >= 4 is 11.6 Å². The van der Waals surface area contributed by atoms with Crippen LogP contribution >= 0.6 is 11.6 Å². The van der Waals surface area contributed by atoms with Crippen molar-refractivity contribution in [2.24, 2.45) is 0 Å². The first-order chi connectivity index (χ1) is 7.27. The van der Waals surface area contributed by atoms with Crippen molar-refractivity contribution in [3.05, 3.63) is 34.3 Å². The minimum Gasteiger partial charge on any atom is -0.375 e. The minimum atomic E-state index is 0.288. The van der Waals surface area contributed by atoms with Crippen LogP contribution in [-0.2, 0) is 11.2 Å². The molecule has 2 rings (SSSR count). The summed E-state index contributed by atoms with van der Waals surface area (Å²) in [4.78, 5) is 0. The average molecular weight is 226 g/mol. The zero-order chi connectivity index (χ0) is 10.7. The monoisotopic (exact) mass is 225 g/mol. The number of benzene rings is 1. The van der Waals surface area contributed by atoms with Gasteiger partial charge in [0.05, 0.1) is 12.7 Å². The van der Waals surface area contributed by atoms with Gasteiger partial charge in [0, 0.05) is 24.5 Å². The molecule has 1 aliphatic rings. The van der Waals surface area contributed by atoms with Crippen LogP contribution < -0.4 is 5.32 Å². The highest BCUT2D eigenvalue weighted by molar-refractivity contribution is 6.31. The Hall–Kier alpha value is -0.570. The summed E-state index contributed by atoms with van der Waals surface area (Å²) in [6, 6.07) is 6.06.